The van der Waals surface area contributed by atoms with Crippen molar-refractivity contribution in [3.05, 3.63) is 53.6 Å². The zero-order valence-electron chi connectivity index (χ0n) is 11.8. The summed E-state index contributed by atoms with van der Waals surface area (Å²) < 4.78 is 5.08. The number of aromatic hydroxyl groups is 1. The lowest BCUT2D eigenvalue weighted by Crippen LogP contribution is -2.15. The number of carbonyl (C=O) groups excluding carboxylic acids is 1. The highest BCUT2D eigenvalue weighted by Crippen LogP contribution is 2.30. The van der Waals surface area contributed by atoms with E-state index in [4.69, 9.17) is 10.5 Å². The quantitative estimate of drug-likeness (QED) is 0.758. The molecule has 4 N–H and O–H groups in total. The molecule has 0 saturated carbocycles. The van der Waals surface area contributed by atoms with E-state index in [-0.39, 0.29) is 18.1 Å². The first-order valence-electron chi connectivity index (χ1n) is 6.56. The zero-order chi connectivity index (χ0) is 15.2. The van der Waals surface area contributed by atoms with Gasteiger partial charge in [0.1, 0.15) is 0 Å². The number of amides is 1. The van der Waals surface area contributed by atoms with Crippen LogP contribution in [0.5, 0.6) is 11.5 Å². The van der Waals surface area contributed by atoms with Gasteiger partial charge in [0.05, 0.1) is 13.5 Å². The van der Waals surface area contributed by atoms with E-state index in [1.165, 1.54) is 7.11 Å². The lowest BCUT2D eigenvalue weighted by atomic mass is 10.1. The Bertz CT molecular complexity index is 641. The molecule has 0 aliphatic carbocycles. The standard InChI is InChI=1S/C16H18N2O3/c1-21-14-8-4-6-12(16(14)20)10-18-13-7-3-2-5-11(13)9-15(17)19/h2-8,18,20H,9-10H2,1H3,(H2,17,19). The summed E-state index contributed by atoms with van der Waals surface area (Å²) in [5.74, 6) is 0.160. The highest BCUT2D eigenvalue weighted by molar-refractivity contribution is 5.78. The van der Waals surface area contributed by atoms with Crippen molar-refractivity contribution in [2.24, 2.45) is 5.73 Å². The predicted molar refractivity (Wildman–Crippen MR) is 81.3 cm³/mol. The van der Waals surface area contributed by atoms with Crippen LogP contribution in [-0.4, -0.2) is 18.1 Å². The van der Waals surface area contributed by atoms with E-state index < -0.39 is 0 Å². The van der Waals surface area contributed by atoms with Crippen LogP contribution >= 0.6 is 0 Å². The molecule has 21 heavy (non-hydrogen) atoms. The van der Waals surface area contributed by atoms with Gasteiger partial charge in [0.2, 0.25) is 5.91 Å². The first-order chi connectivity index (χ1) is 10.1. The van der Waals surface area contributed by atoms with Gasteiger partial charge in [-0.3, -0.25) is 4.79 Å². The number of carbonyl (C=O) groups is 1. The lowest BCUT2D eigenvalue weighted by molar-refractivity contribution is -0.117. The number of methoxy groups -OCH3 is 1. The summed E-state index contributed by atoms with van der Waals surface area (Å²) >= 11 is 0. The zero-order valence-corrected chi connectivity index (χ0v) is 11.8. The highest BCUT2D eigenvalue weighted by Gasteiger charge is 2.09. The third-order valence-electron chi connectivity index (χ3n) is 3.15. The fourth-order valence-corrected chi connectivity index (χ4v) is 2.10. The Morgan fingerprint density at radius 3 is 2.62 bits per heavy atom. The van der Waals surface area contributed by atoms with Crippen LogP contribution in [0.25, 0.3) is 0 Å². The summed E-state index contributed by atoms with van der Waals surface area (Å²) in [5, 5.41) is 13.2. The van der Waals surface area contributed by atoms with Gasteiger partial charge in [-0.15, -0.1) is 0 Å². The minimum absolute atomic E-state index is 0.111. The first kappa shape index (κ1) is 14.7. The van der Waals surface area contributed by atoms with E-state index in [0.717, 1.165) is 11.3 Å². The highest BCUT2D eigenvalue weighted by atomic mass is 16.5. The van der Waals surface area contributed by atoms with Crippen LogP contribution in [0, 0.1) is 0 Å². The van der Waals surface area contributed by atoms with Gasteiger partial charge in [0.15, 0.2) is 11.5 Å². The molecule has 0 fully saturated rings. The number of hydrogen-bond donors (Lipinski definition) is 3. The van der Waals surface area contributed by atoms with Crippen LogP contribution < -0.4 is 15.8 Å². The molecule has 110 valence electrons. The number of primary amides is 1. The van der Waals surface area contributed by atoms with E-state index in [9.17, 15) is 9.90 Å². The molecule has 0 heterocycles. The second-order valence-electron chi connectivity index (χ2n) is 4.62. The molecule has 2 rings (SSSR count). The summed E-state index contributed by atoms with van der Waals surface area (Å²) in [7, 11) is 1.51. The van der Waals surface area contributed by atoms with Crippen molar-refractivity contribution < 1.29 is 14.6 Å². The molecule has 0 spiro atoms. The molecule has 2 aromatic carbocycles. The summed E-state index contributed by atoms with van der Waals surface area (Å²) in [6.45, 7) is 0.415. The van der Waals surface area contributed by atoms with Crippen LogP contribution in [0.4, 0.5) is 5.69 Å². The number of ether oxygens (including phenoxy) is 1. The number of hydrogen-bond acceptors (Lipinski definition) is 4. The second-order valence-corrected chi connectivity index (χ2v) is 4.62. The van der Waals surface area contributed by atoms with Gasteiger partial charge >= 0.3 is 0 Å². The number of benzene rings is 2. The molecule has 1 amide bonds. The van der Waals surface area contributed by atoms with Crippen molar-refractivity contribution >= 4 is 11.6 Å². The summed E-state index contributed by atoms with van der Waals surface area (Å²) in [4.78, 5) is 11.1. The molecule has 0 unspecified atom stereocenters. The molecular weight excluding hydrogens is 268 g/mol. The monoisotopic (exact) mass is 286 g/mol. The number of anilines is 1. The number of nitrogens with two attached hydrogens (primary N) is 1. The normalized spacial score (nSPS) is 10.1. The summed E-state index contributed by atoms with van der Waals surface area (Å²) in [6, 6.07) is 12.8. The Morgan fingerprint density at radius 1 is 1.19 bits per heavy atom. The molecule has 5 heteroatoms. The SMILES string of the molecule is COc1cccc(CNc2ccccc2CC(N)=O)c1O. The fraction of sp³-hybridized carbons (Fsp3) is 0.188. The molecule has 0 radical (unpaired) electrons. The van der Waals surface area contributed by atoms with E-state index >= 15 is 0 Å². The molecule has 0 aliphatic heterocycles. The second kappa shape index (κ2) is 6.65. The lowest BCUT2D eigenvalue weighted by Gasteiger charge is -2.13. The van der Waals surface area contributed by atoms with Crippen molar-refractivity contribution in [2.45, 2.75) is 13.0 Å². The number of nitrogens with one attached hydrogen (secondary N) is 1. The van der Waals surface area contributed by atoms with E-state index in [0.29, 0.717) is 17.9 Å². The van der Waals surface area contributed by atoms with Gasteiger partial charge in [-0.2, -0.15) is 0 Å². The maximum absolute atomic E-state index is 11.1. The maximum Gasteiger partial charge on any atom is 0.221 e. The molecule has 0 atom stereocenters. The minimum Gasteiger partial charge on any atom is -0.504 e. The molecular formula is C16H18N2O3. The van der Waals surface area contributed by atoms with Crippen molar-refractivity contribution in [1.82, 2.24) is 0 Å². The van der Waals surface area contributed by atoms with Gasteiger partial charge in [-0.05, 0) is 17.7 Å². The first-order valence-corrected chi connectivity index (χ1v) is 6.56. The van der Waals surface area contributed by atoms with Gasteiger partial charge < -0.3 is 20.9 Å². The number of phenolic OH excluding ortho intramolecular Hbond substituents is 1. The van der Waals surface area contributed by atoms with Gasteiger partial charge in [0.25, 0.3) is 0 Å². The topological polar surface area (TPSA) is 84.6 Å². The van der Waals surface area contributed by atoms with E-state index in [1.54, 1.807) is 6.07 Å². The smallest absolute Gasteiger partial charge is 0.221 e. The number of rotatable bonds is 6. The van der Waals surface area contributed by atoms with Crippen LogP contribution in [0.15, 0.2) is 42.5 Å². The number of phenols is 1. The molecule has 0 aliphatic rings. The Hall–Kier alpha value is -2.69. The summed E-state index contributed by atoms with van der Waals surface area (Å²) in [6.07, 6.45) is 0.174. The molecule has 0 bridgehead atoms. The Morgan fingerprint density at radius 2 is 1.90 bits per heavy atom. The average molecular weight is 286 g/mol. The third kappa shape index (κ3) is 3.66. The molecule has 0 saturated heterocycles. The van der Waals surface area contributed by atoms with Crippen LogP contribution in [-0.2, 0) is 17.8 Å². The van der Waals surface area contributed by atoms with Crippen LogP contribution in [0.2, 0.25) is 0 Å². The minimum atomic E-state index is -0.381. The van der Waals surface area contributed by atoms with Crippen molar-refractivity contribution in [3.63, 3.8) is 0 Å². The molecule has 0 aromatic heterocycles. The Kier molecular flexibility index (Phi) is 4.66. The molecule has 5 nitrogen and oxygen atoms in total. The fourth-order valence-electron chi connectivity index (χ4n) is 2.10. The number of para-hydroxylation sites is 2. The van der Waals surface area contributed by atoms with Crippen molar-refractivity contribution in [2.75, 3.05) is 12.4 Å². The maximum atomic E-state index is 11.1. The van der Waals surface area contributed by atoms with Gasteiger partial charge in [-0.1, -0.05) is 30.3 Å². The Balaban J connectivity index is 2.15. The van der Waals surface area contributed by atoms with Crippen LogP contribution in [0.3, 0.4) is 0 Å². The summed E-state index contributed by atoms with van der Waals surface area (Å²) in [5.41, 5.74) is 7.60. The average Bonchev–Trinajstić information content (AvgIpc) is 2.47. The van der Waals surface area contributed by atoms with E-state index in [2.05, 4.69) is 5.32 Å². The van der Waals surface area contributed by atoms with Gasteiger partial charge in [-0.25, -0.2) is 0 Å². The van der Waals surface area contributed by atoms with Crippen molar-refractivity contribution in [3.8, 4) is 11.5 Å². The van der Waals surface area contributed by atoms with Crippen LogP contribution in [0.1, 0.15) is 11.1 Å². The third-order valence-corrected chi connectivity index (χ3v) is 3.15. The van der Waals surface area contributed by atoms with Crippen molar-refractivity contribution in [1.29, 1.82) is 0 Å². The molecule has 2 aromatic rings. The predicted octanol–water partition coefficient (Wildman–Crippen LogP) is 2.04. The van der Waals surface area contributed by atoms with E-state index in [1.807, 2.05) is 36.4 Å². The Labute approximate surface area is 123 Å². The van der Waals surface area contributed by atoms with Gasteiger partial charge in [0, 0.05) is 17.8 Å². The largest absolute Gasteiger partial charge is 0.504 e.